The molecule has 4 rings (SSSR count). The van der Waals surface area contributed by atoms with Gasteiger partial charge in [-0.2, -0.15) is 0 Å². The number of carbonyl (C=O) groups excluding carboxylic acids is 2. The maximum Gasteiger partial charge on any atom is 0.329 e. The Balaban J connectivity index is 1.40. The summed E-state index contributed by atoms with van der Waals surface area (Å²) >= 11 is 0. The Labute approximate surface area is 159 Å². The van der Waals surface area contributed by atoms with Gasteiger partial charge in [-0.05, 0) is 23.8 Å². The number of nitrogens with zero attached hydrogens (tertiary/aromatic N) is 2. The second-order valence-corrected chi connectivity index (χ2v) is 6.55. The Morgan fingerprint density at radius 3 is 2.46 bits per heavy atom. The van der Waals surface area contributed by atoms with Crippen molar-refractivity contribution in [3.8, 4) is 0 Å². The highest BCUT2D eigenvalue weighted by Gasteiger charge is 2.14. The zero-order valence-electron chi connectivity index (χ0n) is 15.2. The van der Waals surface area contributed by atoms with Crippen LogP contribution in [0.2, 0.25) is 0 Å². The molecule has 0 spiro atoms. The second-order valence-electron chi connectivity index (χ2n) is 6.55. The third-order valence-corrected chi connectivity index (χ3v) is 4.72. The van der Waals surface area contributed by atoms with Crippen molar-refractivity contribution < 1.29 is 9.59 Å². The molecule has 0 radical (unpaired) electrons. The molecular weight excluding hydrogens is 358 g/mol. The van der Waals surface area contributed by atoms with E-state index in [4.69, 9.17) is 0 Å². The third kappa shape index (κ3) is 3.16. The number of aromatic amines is 1. The highest BCUT2D eigenvalue weighted by Crippen LogP contribution is 2.17. The van der Waals surface area contributed by atoms with Crippen molar-refractivity contribution >= 4 is 33.8 Å². The summed E-state index contributed by atoms with van der Waals surface area (Å²) in [6.45, 7) is -0.187. The number of hydrogen-bond donors (Lipinski definition) is 3. The van der Waals surface area contributed by atoms with Crippen LogP contribution in [0.5, 0.6) is 0 Å². The van der Waals surface area contributed by atoms with Crippen molar-refractivity contribution in [3.05, 3.63) is 70.8 Å². The maximum atomic E-state index is 12.4. The zero-order chi connectivity index (χ0) is 19.7. The Hall–Kier alpha value is -3.81. The summed E-state index contributed by atoms with van der Waals surface area (Å²) in [7, 11) is 1.65. The number of H-pyrrole nitrogens is 1. The molecule has 0 saturated heterocycles. The predicted octanol–water partition coefficient (Wildman–Crippen LogP) is 1.21. The lowest BCUT2D eigenvalue weighted by molar-refractivity contribution is -0.128. The van der Waals surface area contributed by atoms with E-state index >= 15 is 0 Å². The lowest BCUT2D eigenvalue weighted by Gasteiger charge is -2.08. The van der Waals surface area contributed by atoms with Crippen molar-refractivity contribution in [2.75, 3.05) is 0 Å². The molecule has 4 aromatic rings. The van der Waals surface area contributed by atoms with E-state index in [-0.39, 0.29) is 24.6 Å². The Morgan fingerprint density at radius 2 is 1.64 bits per heavy atom. The number of fused-ring (bicyclic) bond motifs is 2. The van der Waals surface area contributed by atoms with Gasteiger partial charge in [0.2, 0.25) is 5.91 Å². The summed E-state index contributed by atoms with van der Waals surface area (Å²) in [5.74, 6) is -0.825. The molecule has 142 valence electrons. The summed E-state index contributed by atoms with van der Waals surface area (Å²) in [5.41, 5.74) is 7.68. The summed E-state index contributed by atoms with van der Waals surface area (Å²) in [6.07, 6.45) is 1.90. The summed E-state index contributed by atoms with van der Waals surface area (Å²) in [6, 6.07) is 14.9. The van der Waals surface area contributed by atoms with E-state index in [0.29, 0.717) is 5.52 Å². The van der Waals surface area contributed by atoms with Gasteiger partial charge in [0.05, 0.1) is 17.5 Å². The molecule has 8 nitrogen and oxygen atoms in total. The third-order valence-electron chi connectivity index (χ3n) is 4.72. The molecule has 2 aromatic carbocycles. The van der Waals surface area contributed by atoms with Crippen LogP contribution in [-0.4, -0.2) is 25.9 Å². The molecule has 2 amide bonds. The van der Waals surface area contributed by atoms with Gasteiger partial charge in [-0.3, -0.25) is 29.6 Å². The average molecular weight is 377 g/mol. The number of aryl methyl sites for hydroxylation is 1. The molecule has 0 fully saturated rings. The highest BCUT2D eigenvalue weighted by atomic mass is 16.2. The quantitative estimate of drug-likeness (QED) is 0.466. The number of benzene rings is 2. The van der Waals surface area contributed by atoms with Gasteiger partial charge in [-0.25, -0.2) is 4.79 Å². The van der Waals surface area contributed by atoms with Gasteiger partial charge in [0.1, 0.15) is 6.54 Å². The first kappa shape index (κ1) is 17.6. The van der Waals surface area contributed by atoms with Crippen LogP contribution in [0.4, 0.5) is 0 Å². The minimum absolute atomic E-state index is 0.124. The molecular formula is C20H19N5O3. The molecule has 2 aromatic heterocycles. The lowest BCUT2D eigenvalue weighted by atomic mass is 10.1. The highest BCUT2D eigenvalue weighted by molar-refractivity contribution is 5.90. The molecule has 0 aliphatic heterocycles. The van der Waals surface area contributed by atoms with Gasteiger partial charge < -0.3 is 4.98 Å². The number of amides is 2. The topological polar surface area (TPSA) is 101 Å². The normalized spacial score (nSPS) is 11.0. The molecule has 0 bridgehead atoms. The Bertz CT molecular complexity index is 1250. The van der Waals surface area contributed by atoms with Crippen LogP contribution in [0.1, 0.15) is 5.56 Å². The molecule has 0 aliphatic carbocycles. The minimum Gasteiger partial charge on any atom is -0.361 e. The Kier molecular flexibility index (Phi) is 4.44. The number of hydrazine groups is 1. The number of carbonyl (C=O) groups is 2. The van der Waals surface area contributed by atoms with Crippen molar-refractivity contribution in [2.45, 2.75) is 13.0 Å². The van der Waals surface area contributed by atoms with Crippen molar-refractivity contribution in [2.24, 2.45) is 7.05 Å². The lowest BCUT2D eigenvalue weighted by Crippen LogP contribution is -2.44. The fourth-order valence-electron chi connectivity index (χ4n) is 3.33. The molecule has 0 saturated carbocycles. The van der Waals surface area contributed by atoms with Crippen LogP contribution in [0.3, 0.4) is 0 Å². The maximum absolute atomic E-state index is 12.4. The summed E-state index contributed by atoms with van der Waals surface area (Å²) in [4.78, 5) is 39.9. The number of hydrogen-bond acceptors (Lipinski definition) is 3. The predicted molar refractivity (Wildman–Crippen MR) is 105 cm³/mol. The number of para-hydroxylation sites is 3. The molecule has 0 atom stereocenters. The van der Waals surface area contributed by atoms with Crippen molar-refractivity contribution in [1.82, 2.24) is 25.0 Å². The monoisotopic (exact) mass is 377 g/mol. The zero-order valence-corrected chi connectivity index (χ0v) is 15.2. The standard InChI is InChI=1S/C20H19N5O3/c1-24-16-8-4-5-9-17(16)25(20(24)28)12-19(27)23-22-18(26)10-13-11-21-15-7-3-2-6-14(13)15/h2-9,11,21H,10,12H2,1H3,(H,22,26)(H,23,27). The van der Waals surface area contributed by atoms with E-state index in [9.17, 15) is 14.4 Å². The number of rotatable bonds is 4. The van der Waals surface area contributed by atoms with Crippen LogP contribution in [0, 0.1) is 0 Å². The largest absolute Gasteiger partial charge is 0.361 e. The summed E-state index contributed by atoms with van der Waals surface area (Å²) in [5, 5.41) is 0.964. The number of nitrogens with one attached hydrogen (secondary N) is 3. The van der Waals surface area contributed by atoms with E-state index in [1.54, 1.807) is 25.4 Å². The van der Waals surface area contributed by atoms with Crippen molar-refractivity contribution in [1.29, 1.82) is 0 Å². The first-order valence-electron chi connectivity index (χ1n) is 8.81. The van der Waals surface area contributed by atoms with E-state index in [2.05, 4.69) is 15.8 Å². The van der Waals surface area contributed by atoms with Gasteiger partial charge in [0.15, 0.2) is 0 Å². The van der Waals surface area contributed by atoms with Crippen LogP contribution in [0.15, 0.2) is 59.5 Å². The number of aromatic nitrogens is 3. The van der Waals surface area contributed by atoms with Crippen LogP contribution in [0.25, 0.3) is 21.9 Å². The van der Waals surface area contributed by atoms with Gasteiger partial charge in [-0.1, -0.05) is 30.3 Å². The van der Waals surface area contributed by atoms with E-state index < -0.39 is 5.91 Å². The van der Waals surface area contributed by atoms with Gasteiger partial charge in [0.25, 0.3) is 5.91 Å². The molecule has 3 N–H and O–H groups in total. The molecule has 2 heterocycles. The first-order chi connectivity index (χ1) is 13.5. The van der Waals surface area contributed by atoms with Crippen LogP contribution >= 0.6 is 0 Å². The average Bonchev–Trinajstić information content (AvgIpc) is 3.22. The fraction of sp³-hybridized carbons (Fsp3) is 0.150. The number of imidazole rings is 1. The minimum atomic E-state index is -0.481. The Morgan fingerprint density at radius 1 is 0.964 bits per heavy atom. The van der Waals surface area contributed by atoms with E-state index in [0.717, 1.165) is 22.0 Å². The van der Waals surface area contributed by atoms with E-state index in [1.165, 1.54) is 9.13 Å². The molecule has 8 heteroatoms. The van der Waals surface area contributed by atoms with Gasteiger partial charge >= 0.3 is 5.69 Å². The molecule has 28 heavy (non-hydrogen) atoms. The van der Waals surface area contributed by atoms with E-state index in [1.807, 2.05) is 36.4 Å². The smallest absolute Gasteiger partial charge is 0.329 e. The fourth-order valence-corrected chi connectivity index (χ4v) is 3.33. The first-order valence-corrected chi connectivity index (χ1v) is 8.81. The summed E-state index contributed by atoms with van der Waals surface area (Å²) < 4.78 is 2.86. The second kappa shape index (κ2) is 7.07. The molecule has 0 unspecified atom stereocenters. The van der Waals surface area contributed by atoms with Crippen molar-refractivity contribution in [3.63, 3.8) is 0 Å². The SMILES string of the molecule is Cn1c(=O)n(CC(=O)NNC(=O)Cc2c[nH]c3ccccc23)c2ccccc21. The van der Waals surface area contributed by atoms with Gasteiger partial charge in [0, 0.05) is 24.1 Å². The molecule has 0 aliphatic rings. The van der Waals surface area contributed by atoms with Crippen LogP contribution in [-0.2, 0) is 29.6 Å². The van der Waals surface area contributed by atoms with Crippen LogP contribution < -0.4 is 16.5 Å². The van der Waals surface area contributed by atoms with Gasteiger partial charge in [-0.15, -0.1) is 0 Å².